The molecule has 2 aromatic carbocycles. The Balaban J connectivity index is 1.76. The number of aromatic nitrogens is 1. The second-order valence-corrected chi connectivity index (χ2v) is 6.58. The average Bonchev–Trinajstić information content (AvgIpc) is 2.68. The van der Waals surface area contributed by atoms with Crippen LogP contribution in [0.2, 0.25) is 5.02 Å². The number of carbonyl (C=O) groups is 2. The van der Waals surface area contributed by atoms with Crippen molar-refractivity contribution in [2.75, 3.05) is 11.9 Å². The van der Waals surface area contributed by atoms with Crippen LogP contribution in [-0.2, 0) is 16.0 Å². The molecule has 1 amide bonds. The van der Waals surface area contributed by atoms with Crippen LogP contribution >= 0.6 is 11.6 Å². The minimum absolute atomic E-state index is 0.0579. The van der Waals surface area contributed by atoms with E-state index in [1.165, 1.54) is 12.1 Å². The minimum atomic E-state index is -0.618. The number of rotatable bonds is 5. The smallest absolute Gasteiger partial charge is 0.340 e. The normalized spacial score (nSPS) is 10.7. The van der Waals surface area contributed by atoms with Crippen molar-refractivity contribution in [2.24, 2.45) is 0 Å². The standard InChI is InChI=1S/C21H18ClFN2O3/c1-3-16-20(12(2)14-6-4-5-7-17(14)24-16)21(27)28-11-19(26)25-18-9-8-13(23)10-15(18)22/h4-10H,3,11H2,1-2H3,(H,25,26). The third kappa shape index (κ3) is 4.12. The van der Waals surface area contributed by atoms with Crippen LogP contribution in [0.1, 0.15) is 28.5 Å². The summed E-state index contributed by atoms with van der Waals surface area (Å²) in [5.74, 6) is -1.71. The number of amides is 1. The van der Waals surface area contributed by atoms with E-state index < -0.39 is 24.3 Å². The van der Waals surface area contributed by atoms with Crippen molar-refractivity contribution in [3.63, 3.8) is 0 Å². The Kier molecular flexibility index (Phi) is 5.90. The largest absolute Gasteiger partial charge is 0.452 e. The van der Waals surface area contributed by atoms with Crippen molar-refractivity contribution in [3.8, 4) is 0 Å². The van der Waals surface area contributed by atoms with Crippen LogP contribution < -0.4 is 5.32 Å². The summed E-state index contributed by atoms with van der Waals surface area (Å²) < 4.78 is 18.3. The van der Waals surface area contributed by atoms with Crippen molar-refractivity contribution < 1.29 is 18.7 Å². The third-order valence-corrected chi connectivity index (χ3v) is 4.62. The molecule has 1 aromatic heterocycles. The maximum absolute atomic E-state index is 13.1. The zero-order valence-corrected chi connectivity index (χ0v) is 16.1. The zero-order chi connectivity index (χ0) is 20.3. The molecule has 0 unspecified atom stereocenters. The van der Waals surface area contributed by atoms with Gasteiger partial charge in [-0.3, -0.25) is 9.78 Å². The molecule has 0 fully saturated rings. The van der Waals surface area contributed by atoms with E-state index in [4.69, 9.17) is 16.3 Å². The number of hydrogen-bond acceptors (Lipinski definition) is 4. The number of benzene rings is 2. The molecule has 1 N–H and O–H groups in total. The Bertz CT molecular complexity index is 1070. The lowest BCUT2D eigenvalue weighted by Gasteiger charge is -2.13. The molecule has 5 nitrogen and oxygen atoms in total. The Morgan fingerprint density at radius 3 is 2.68 bits per heavy atom. The van der Waals surface area contributed by atoms with Gasteiger partial charge in [0.15, 0.2) is 6.61 Å². The first-order valence-corrected chi connectivity index (χ1v) is 9.08. The predicted molar refractivity (Wildman–Crippen MR) is 106 cm³/mol. The van der Waals surface area contributed by atoms with Gasteiger partial charge in [-0.15, -0.1) is 0 Å². The molecule has 0 aliphatic carbocycles. The lowest BCUT2D eigenvalue weighted by molar-refractivity contribution is -0.119. The molecule has 0 bridgehead atoms. The number of nitrogens with zero attached hydrogens (tertiary/aromatic N) is 1. The van der Waals surface area contributed by atoms with Gasteiger partial charge in [0.1, 0.15) is 5.82 Å². The van der Waals surface area contributed by atoms with E-state index in [1.54, 1.807) is 0 Å². The van der Waals surface area contributed by atoms with Gasteiger partial charge in [0, 0.05) is 5.39 Å². The fourth-order valence-corrected chi connectivity index (χ4v) is 3.16. The molecular formula is C21H18ClFN2O3. The maximum Gasteiger partial charge on any atom is 0.340 e. The number of ether oxygens (including phenoxy) is 1. The number of para-hydroxylation sites is 1. The fraction of sp³-hybridized carbons (Fsp3) is 0.190. The number of pyridine rings is 1. The van der Waals surface area contributed by atoms with Gasteiger partial charge in [0.05, 0.1) is 27.5 Å². The lowest BCUT2D eigenvalue weighted by Crippen LogP contribution is -2.22. The lowest BCUT2D eigenvalue weighted by atomic mass is 10.0. The second kappa shape index (κ2) is 8.35. The van der Waals surface area contributed by atoms with Crippen LogP contribution in [0.3, 0.4) is 0 Å². The van der Waals surface area contributed by atoms with E-state index in [0.29, 0.717) is 17.7 Å². The summed E-state index contributed by atoms with van der Waals surface area (Å²) in [6.07, 6.45) is 0.549. The molecule has 0 aliphatic rings. The van der Waals surface area contributed by atoms with E-state index in [9.17, 15) is 14.0 Å². The molecule has 1 heterocycles. The summed E-state index contributed by atoms with van der Waals surface area (Å²) in [5, 5.41) is 3.40. The highest BCUT2D eigenvalue weighted by atomic mass is 35.5. The second-order valence-electron chi connectivity index (χ2n) is 6.18. The predicted octanol–water partition coefficient (Wildman–Crippen LogP) is 4.69. The van der Waals surface area contributed by atoms with Crippen molar-refractivity contribution in [2.45, 2.75) is 20.3 Å². The van der Waals surface area contributed by atoms with Crippen LogP contribution in [0.25, 0.3) is 10.9 Å². The number of carbonyl (C=O) groups excluding carboxylic acids is 2. The van der Waals surface area contributed by atoms with Crippen molar-refractivity contribution >= 4 is 40.1 Å². The molecule has 7 heteroatoms. The molecule has 28 heavy (non-hydrogen) atoms. The van der Waals surface area contributed by atoms with Gasteiger partial charge in [-0.2, -0.15) is 0 Å². The Morgan fingerprint density at radius 2 is 1.96 bits per heavy atom. The first-order valence-electron chi connectivity index (χ1n) is 8.71. The SMILES string of the molecule is CCc1nc2ccccc2c(C)c1C(=O)OCC(=O)Nc1ccc(F)cc1Cl. The first kappa shape index (κ1) is 19.8. The monoisotopic (exact) mass is 400 g/mol. The first-order chi connectivity index (χ1) is 13.4. The Labute approximate surface area is 166 Å². The van der Waals surface area contributed by atoms with Crippen molar-refractivity contribution in [1.29, 1.82) is 0 Å². The summed E-state index contributed by atoms with van der Waals surface area (Å²) in [4.78, 5) is 29.3. The number of nitrogens with one attached hydrogen (secondary N) is 1. The highest BCUT2D eigenvalue weighted by Crippen LogP contribution is 2.24. The van der Waals surface area contributed by atoms with E-state index in [0.717, 1.165) is 22.5 Å². The van der Waals surface area contributed by atoms with E-state index in [-0.39, 0.29) is 10.7 Å². The molecule has 3 rings (SSSR count). The van der Waals surface area contributed by atoms with Crippen LogP contribution in [0.4, 0.5) is 10.1 Å². The Hall–Kier alpha value is -2.99. The van der Waals surface area contributed by atoms with Gasteiger partial charge in [0.2, 0.25) is 0 Å². The van der Waals surface area contributed by atoms with Gasteiger partial charge in [-0.05, 0) is 43.2 Å². The molecule has 0 radical (unpaired) electrons. The summed E-state index contributed by atoms with van der Waals surface area (Å²) >= 11 is 5.88. The minimum Gasteiger partial charge on any atom is -0.452 e. The molecule has 0 atom stereocenters. The number of anilines is 1. The molecule has 144 valence electrons. The number of fused-ring (bicyclic) bond motifs is 1. The molecule has 0 saturated carbocycles. The third-order valence-electron chi connectivity index (χ3n) is 4.31. The zero-order valence-electron chi connectivity index (χ0n) is 15.4. The van der Waals surface area contributed by atoms with Gasteiger partial charge in [-0.25, -0.2) is 9.18 Å². The number of halogens is 2. The van der Waals surface area contributed by atoms with Gasteiger partial charge in [-0.1, -0.05) is 36.7 Å². The van der Waals surface area contributed by atoms with Gasteiger partial charge < -0.3 is 10.1 Å². The topological polar surface area (TPSA) is 68.3 Å². The maximum atomic E-state index is 13.1. The van der Waals surface area contributed by atoms with E-state index in [1.807, 2.05) is 38.1 Å². The van der Waals surface area contributed by atoms with Crippen molar-refractivity contribution in [1.82, 2.24) is 4.98 Å². The highest BCUT2D eigenvalue weighted by Gasteiger charge is 2.20. The highest BCUT2D eigenvalue weighted by molar-refractivity contribution is 6.33. The van der Waals surface area contributed by atoms with Crippen LogP contribution in [0.5, 0.6) is 0 Å². The summed E-state index contributed by atoms with van der Waals surface area (Å²) in [7, 11) is 0. The summed E-state index contributed by atoms with van der Waals surface area (Å²) in [5.41, 5.74) is 2.78. The molecule has 3 aromatic rings. The van der Waals surface area contributed by atoms with Gasteiger partial charge >= 0.3 is 5.97 Å². The van der Waals surface area contributed by atoms with Crippen LogP contribution in [-0.4, -0.2) is 23.5 Å². The van der Waals surface area contributed by atoms with E-state index in [2.05, 4.69) is 10.3 Å². The van der Waals surface area contributed by atoms with Gasteiger partial charge in [0.25, 0.3) is 5.91 Å². The quantitative estimate of drug-likeness (QED) is 0.630. The molecule has 0 spiro atoms. The summed E-state index contributed by atoms with van der Waals surface area (Å²) in [6.45, 7) is 3.23. The average molecular weight is 401 g/mol. The summed E-state index contributed by atoms with van der Waals surface area (Å²) in [6, 6.07) is 11.1. The van der Waals surface area contributed by atoms with Crippen LogP contribution in [0.15, 0.2) is 42.5 Å². The molecule has 0 aliphatic heterocycles. The number of hydrogen-bond donors (Lipinski definition) is 1. The fourth-order valence-electron chi connectivity index (χ4n) is 2.95. The molecule has 0 saturated heterocycles. The molecular weight excluding hydrogens is 383 g/mol. The number of aryl methyl sites for hydroxylation is 2. The van der Waals surface area contributed by atoms with E-state index >= 15 is 0 Å². The van der Waals surface area contributed by atoms with Crippen LogP contribution in [0, 0.1) is 12.7 Å². The Morgan fingerprint density at radius 1 is 1.21 bits per heavy atom. The van der Waals surface area contributed by atoms with Crippen molar-refractivity contribution in [3.05, 3.63) is 70.1 Å². The number of esters is 1.